The van der Waals surface area contributed by atoms with Gasteiger partial charge < -0.3 is 9.47 Å². The Kier molecular flexibility index (Phi) is 7.95. The summed E-state index contributed by atoms with van der Waals surface area (Å²) in [5, 5.41) is 4.90. The lowest BCUT2D eigenvalue weighted by Crippen LogP contribution is -2.24. The van der Waals surface area contributed by atoms with Gasteiger partial charge in [0.1, 0.15) is 0 Å². The van der Waals surface area contributed by atoms with Crippen molar-refractivity contribution >= 4 is 10.0 Å². The van der Waals surface area contributed by atoms with Gasteiger partial charge in [-0.05, 0) is 12.3 Å². The Morgan fingerprint density at radius 1 is 1.20 bits per heavy atom. The molecular weight excluding hydrogens is 218 g/mol. The van der Waals surface area contributed by atoms with Crippen molar-refractivity contribution in [2.45, 2.75) is 20.3 Å². The van der Waals surface area contributed by atoms with Crippen molar-refractivity contribution in [1.29, 1.82) is 0 Å². The molecule has 0 aromatic heterocycles. The fourth-order valence-electron chi connectivity index (χ4n) is 1.09. The topological polar surface area (TPSA) is 78.6 Å². The normalized spacial score (nSPS) is 14.1. The molecule has 0 heterocycles. The standard InChI is InChI=1S/C9H21NO4S/c1-3-4-13-5-6-14-7-9(2)8-15(10,11)12/h9H,3-8H2,1-2H3,(H2,10,11,12). The van der Waals surface area contributed by atoms with Crippen LogP contribution in [0.5, 0.6) is 0 Å². The van der Waals surface area contributed by atoms with Crippen molar-refractivity contribution < 1.29 is 17.9 Å². The van der Waals surface area contributed by atoms with E-state index in [4.69, 9.17) is 14.6 Å². The minimum Gasteiger partial charge on any atom is -0.379 e. The summed E-state index contributed by atoms with van der Waals surface area (Å²) >= 11 is 0. The minimum atomic E-state index is -3.39. The third-order valence-electron chi connectivity index (χ3n) is 1.64. The van der Waals surface area contributed by atoms with Crippen molar-refractivity contribution in [3.05, 3.63) is 0 Å². The lowest BCUT2D eigenvalue weighted by atomic mass is 10.2. The van der Waals surface area contributed by atoms with Crippen LogP contribution in [0.3, 0.4) is 0 Å². The molecule has 6 heteroatoms. The zero-order valence-electron chi connectivity index (χ0n) is 9.44. The highest BCUT2D eigenvalue weighted by Gasteiger charge is 2.10. The largest absolute Gasteiger partial charge is 0.379 e. The van der Waals surface area contributed by atoms with E-state index in [-0.39, 0.29) is 11.7 Å². The van der Waals surface area contributed by atoms with Gasteiger partial charge >= 0.3 is 0 Å². The van der Waals surface area contributed by atoms with Crippen LogP contribution in [0.4, 0.5) is 0 Å². The summed E-state index contributed by atoms with van der Waals surface area (Å²) < 4.78 is 31.9. The van der Waals surface area contributed by atoms with E-state index in [9.17, 15) is 8.42 Å². The summed E-state index contributed by atoms with van der Waals surface area (Å²) in [5.41, 5.74) is 0. The predicted molar refractivity (Wildman–Crippen MR) is 59.1 cm³/mol. The third kappa shape index (κ3) is 11.8. The molecule has 1 unspecified atom stereocenters. The molecule has 0 radical (unpaired) electrons. The lowest BCUT2D eigenvalue weighted by Gasteiger charge is -2.10. The van der Waals surface area contributed by atoms with E-state index in [1.807, 2.05) is 6.92 Å². The van der Waals surface area contributed by atoms with Gasteiger partial charge in [-0.2, -0.15) is 0 Å². The maximum Gasteiger partial charge on any atom is 0.209 e. The number of rotatable bonds is 9. The molecule has 0 rings (SSSR count). The Morgan fingerprint density at radius 3 is 2.33 bits per heavy atom. The predicted octanol–water partition coefficient (Wildman–Crippen LogP) is 0.354. The van der Waals surface area contributed by atoms with E-state index in [1.165, 1.54) is 0 Å². The highest BCUT2D eigenvalue weighted by molar-refractivity contribution is 7.89. The van der Waals surface area contributed by atoms with Gasteiger partial charge in [0, 0.05) is 6.61 Å². The van der Waals surface area contributed by atoms with Gasteiger partial charge in [-0.1, -0.05) is 13.8 Å². The van der Waals surface area contributed by atoms with Crippen LogP contribution in [0.2, 0.25) is 0 Å². The SMILES string of the molecule is CCCOCCOCC(C)CS(N)(=O)=O. The fourth-order valence-corrected chi connectivity index (χ4v) is 1.98. The monoisotopic (exact) mass is 239 g/mol. The van der Waals surface area contributed by atoms with Crippen LogP contribution >= 0.6 is 0 Å². The van der Waals surface area contributed by atoms with E-state index in [1.54, 1.807) is 6.92 Å². The molecule has 92 valence electrons. The van der Waals surface area contributed by atoms with Crippen molar-refractivity contribution in [2.75, 3.05) is 32.2 Å². The molecule has 0 saturated heterocycles. The Hall–Kier alpha value is -0.170. The first-order chi connectivity index (χ1) is 6.95. The first-order valence-corrected chi connectivity index (χ1v) is 6.83. The summed E-state index contributed by atoms with van der Waals surface area (Å²) in [6.45, 7) is 6.00. The zero-order chi connectivity index (χ0) is 11.7. The molecule has 0 aliphatic rings. The molecule has 0 aliphatic carbocycles. The first kappa shape index (κ1) is 14.8. The number of primary sulfonamides is 1. The van der Waals surface area contributed by atoms with Gasteiger partial charge in [0.25, 0.3) is 0 Å². The second-order valence-corrected chi connectivity index (χ2v) is 5.28. The average molecular weight is 239 g/mol. The summed E-state index contributed by atoms with van der Waals surface area (Å²) in [7, 11) is -3.39. The fraction of sp³-hybridized carbons (Fsp3) is 1.00. The molecule has 0 bridgehead atoms. The molecule has 0 saturated carbocycles. The van der Waals surface area contributed by atoms with Gasteiger partial charge in [-0.15, -0.1) is 0 Å². The molecule has 0 aliphatic heterocycles. The van der Waals surface area contributed by atoms with Gasteiger partial charge in [0.05, 0.1) is 25.6 Å². The molecule has 0 amide bonds. The van der Waals surface area contributed by atoms with Crippen LogP contribution in [0.15, 0.2) is 0 Å². The van der Waals surface area contributed by atoms with Crippen LogP contribution < -0.4 is 5.14 Å². The number of nitrogens with two attached hydrogens (primary N) is 1. The van der Waals surface area contributed by atoms with Crippen molar-refractivity contribution in [2.24, 2.45) is 11.1 Å². The van der Waals surface area contributed by atoms with Crippen LogP contribution in [-0.2, 0) is 19.5 Å². The van der Waals surface area contributed by atoms with Gasteiger partial charge in [-0.25, -0.2) is 13.6 Å². The van der Waals surface area contributed by atoms with E-state index in [2.05, 4.69) is 0 Å². The summed E-state index contributed by atoms with van der Waals surface area (Å²) in [6.07, 6.45) is 0.988. The summed E-state index contributed by atoms with van der Waals surface area (Å²) in [4.78, 5) is 0. The highest BCUT2D eigenvalue weighted by atomic mass is 32.2. The van der Waals surface area contributed by atoms with Crippen LogP contribution in [0.1, 0.15) is 20.3 Å². The Morgan fingerprint density at radius 2 is 1.80 bits per heavy atom. The number of sulfonamides is 1. The molecule has 2 N–H and O–H groups in total. The third-order valence-corrected chi connectivity index (χ3v) is 2.67. The summed E-state index contributed by atoms with van der Waals surface area (Å²) in [5.74, 6) is -0.116. The van der Waals surface area contributed by atoms with Gasteiger partial charge in [-0.3, -0.25) is 0 Å². The van der Waals surface area contributed by atoms with Crippen molar-refractivity contribution in [1.82, 2.24) is 0 Å². The maximum atomic E-state index is 10.7. The van der Waals surface area contributed by atoms with E-state index >= 15 is 0 Å². The van der Waals surface area contributed by atoms with E-state index in [0.717, 1.165) is 13.0 Å². The van der Waals surface area contributed by atoms with Gasteiger partial charge in [0.15, 0.2) is 0 Å². The minimum absolute atomic E-state index is 0.0389. The molecular formula is C9H21NO4S. The molecule has 5 nitrogen and oxygen atoms in total. The average Bonchev–Trinajstić information content (AvgIpc) is 2.08. The second kappa shape index (κ2) is 8.04. The molecule has 1 atom stereocenters. The van der Waals surface area contributed by atoms with Gasteiger partial charge in [0.2, 0.25) is 10.0 Å². The molecule has 0 spiro atoms. The smallest absolute Gasteiger partial charge is 0.209 e. The quantitative estimate of drug-likeness (QED) is 0.589. The van der Waals surface area contributed by atoms with Crippen molar-refractivity contribution in [3.63, 3.8) is 0 Å². The first-order valence-electron chi connectivity index (χ1n) is 5.11. The Balaban J connectivity index is 3.36. The second-order valence-electron chi connectivity index (χ2n) is 3.62. The highest BCUT2D eigenvalue weighted by Crippen LogP contribution is 1.98. The number of ether oxygens (including phenoxy) is 2. The molecule has 0 aromatic carbocycles. The molecule has 15 heavy (non-hydrogen) atoms. The Labute approximate surface area is 92.0 Å². The van der Waals surface area contributed by atoms with E-state index in [0.29, 0.717) is 19.8 Å². The lowest BCUT2D eigenvalue weighted by molar-refractivity contribution is 0.0383. The zero-order valence-corrected chi connectivity index (χ0v) is 10.3. The van der Waals surface area contributed by atoms with Crippen LogP contribution in [-0.4, -0.2) is 40.6 Å². The Bertz CT molecular complexity index is 240. The van der Waals surface area contributed by atoms with E-state index < -0.39 is 10.0 Å². The van der Waals surface area contributed by atoms with Crippen LogP contribution in [0.25, 0.3) is 0 Å². The molecule has 0 fully saturated rings. The van der Waals surface area contributed by atoms with Crippen molar-refractivity contribution in [3.8, 4) is 0 Å². The number of hydrogen-bond donors (Lipinski definition) is 1. The maximum absolute atomic E-state index is 10.7. The summed E-state index contributed by atoms with van der Waals surface area (Å²) in [6, 6.07) is 0. The number of hydrogen-bond acceptors (Lipinski definition) is 4. The molecule has 0 aromatic rings. The van der Waals surface area contributed by atoms with Crippen LogP contribution in [0, 0.1) is 5.92 Å².